The van der Waals surface area contributed by atoms with Crippen molar-refractivity contribution in [1.82, 2.24) is 14.8 Å². The lowest BCUT2D eigenvalue weighted by molar-refractivity contribution is -0.113. The van der Waals surface area contributed by atoms with Gasteiger partial charge in [-0.05, 0) is 62.4 Å². The van der Waals surface area contributed by atoms with Crippen LogP contribution in [0.25, 0.3) is 17.1 Å². The van der Waals surface area contributed by atoms with E-state index in [4.69, 9.17) is 4.74 Å². The van der Waals surface area contributed by atoms with Gasteiger partial charge in [-0.25, -0.2) is 9.18 Å². The van der Waals surface area contributed by atoms with Gasteiger partial charge in [0.25, 0.3) is 0 Å². The predicted molar refractivity (Wildman–Crippen MR) is 133 cm³/mol. The van der Waals surface area contributed by atoms with Gasteiger partial charge in [0.1, 0.15) is 5.82 Å². The lowest BCUT2D eigenvalue weighted by atomic mass is 10.2. The Morgan fingerprint density at radius 2 is 1.71 bits per heavy atom. The molecule has 0 radical (unpaired) electrons. The smallest absolute Gasteiger partial charge is 0.338 e. The molecule has 0 aliphatic carbocycles. The number of hydrogen-bond acceptors (Lipinski definition) is 6. The Kier molecular flexibility index (Phi) is 7.57. The van der Waals surface area contributed by atoms with Crippen LogP contribution in [0.4, 0.5) is 10.1 Å². The minimum absolute atomic E-state index is 0.0564. The van der Waals surface area contributed by atoms with Crippen LogP contribution in [0.5, 0.6) is 0 Å². The maximum atomic E-state index is 14.5. The first-order valence-electron chi connectivity index (χ1n) is 10.9. The first-order valence-corrected chi connectivity index (χ1v) is 11.9. The number of aryl methyl sites for hydroxylation is 1. The third-order valence-corrected chi connectivity index (χ3v) is 5.98. The topological polar surface area (TPSA) is 86.1 Å². The van der Waals surface area contributed by atoms with E-state index in [1.165, 1.54) is 17.8 Å². The molecular weight excluding hydrogens is 467 g/mol. The molecule has 1 amide bonds. The number of amides is 1. The number of ether oxygens (including phenoxy) is 1. The van der Waals surface area contributed by atoms with Crippen molar-refractivity contribution in [2.75, 3.05) is 17.7 Å². The van der Waals surface area contributed by atoms with Gasteiger partial charge in [0.05, 0.1) is 23.5 Å². The third kappa shape index (κ3) is 5.75. The molecule has 0 saturated carbocycles. The zero-order chi connectivity index (χ0) is 24.8. The molecule has 3 aromatic carbocycles. The average molecular weight is 491 g/mol. The summed E-state index contributed by atoms with van der Waals surface area (Å²) in [6.45, 7) is 4.01. The zero-order valence-electron chi connectivity index (χ0n) is 19.2. The summed E-state index contributed by atoms with van der Waals surface area (Å²) in [5, 5.41) is 11.7. The molecule has 1 aromatic heterocycles. The number of thioether (sulfide) groups is 1. The number of hydrogen-bond donors (Lipinski definition) is 1. The molecule has 4 rings (SSSR count). The molecule has 35 heavy (non-hydrogen) atoms. The highest BCUT2D eigenvalue weighted by molar-refractivity contribution is 7.99. The Morgan fingerprint density at radius 3 is 2.40 bits per heavy atom. The van der Waals surface area contributed by atoms with Crippen molar-refractivity contribution < 1.29 is 18.7 Å². The lowest BCUT2D eigenvalue weighted by Gasteiger charge is -2.11. The van der Waals surface area contributed by atoms with Crippen LogP contribution in [0.3, 0.4) is 0 Å². The number of carbonyl (C=O) groups excluding carboxylic acids is 2. The first kappa shape index (κ1) is 24.2. The minimum atomic E-state index is -0.415. The van der Waals surface area contributed by atoms with Crippen LogP contribution in [0.2, 0.25) is 0 Å². The number of rotatable bonds is 8. The highest BCUT2D eigenvalue weighted by Gasteiger charge is 2.19. The zero-order valence-corrected chi connectivity index (χ0v) is 20.0. The number of benzene rings is 3. The van der Waals surface area contributed by atoms with Crippen LogP contribution in [0.1, 0.15) is 22.8 Å². The number of anilines is 1. The summed E-state index contributed by atoms with van der Waals surface area (Å²) < 4.78 is 21.2. The van der Waals surface area contributed by atoms with E-state index in [1.807, 2.05) is 31.2 Å². The summed E-state index contributed by atoms with van der Waals surface area (Å²) in [6, 6.07) is 20.5. The molecule has 0 aliphatic rings. The van der Waals surface area contributed by atoms with Gasteiger partial charge in [0.15, 0.2) is 11.0 Å². The largest absolute Gasteiger partial charge is 0.462 e. The fourth-order valence-electron chi connectivity index (χ4n) is 3.34. The van der Waals surface area contributed by atoms with Gasteiger partial charge in [-0.2, -0.15) is 0 Å². The maximum absolute atomic E-state index is 14.5. The van der Waals surface area contributed by atoms with Crippen molar-refractivity contribution in [3.63, 3.8) is 0 Å². The number of nitrogens with one attached hydrogen (secondary N) is 1. The van der Waals surface area contributed by atoms with Gasteiger partial charge in [-0.1, -0.05) is 41.6 Å². The van der Waals surface area contributed by atoms with E-state index in [9.17, 15) is 14.0 Å². The molecule has 1 heterocycles. The molecule has 4 aromatic rings. The molecule has 0 bridgehead atoms. The fraction of sp³-hybridized carbons (Fsp3) is 0.154. The van der Waals surface area contributed by atoms with E-state index >= 15 is 0 Å². The maximum Gasteiger partial charge on any atom is 0.338 e. The Balaban J connectivity index is 1.52. The quantitative estimate of drug-likeness (QED) is 0.267. The predicted octanol–water partition coefficient (Wildman–Crippen LogP) is 5.29. The van der Waals surface area contributed by atoms with Crippen LogP contribution < -0.4 is 5.32 Å². The van der Waals surface area contributed by atoms with E-state index in [2.05, 4.69) is 15.5 Å². The molecule has 0 unspecified atom stereocenters. The fourth-order valence-corrected chi connectivity index (χ4v) is 4.09. The standard InChI is InChI=1S/C26H23FN4O3S/c1-3-34-25(33)18-10-12-19(13-11-18)28-23(32)16-35-26-30-29-24(21-6-4-5-7-22(21)27)31(26)20-14-8-17(2)9-15-20/h4-15H,3,16H2,1-2H3,(H,28,32). The highest BCUT2D eigenvalue weighted by atomic mass is 32.2. The molecule has 9 heteroatoms. The number of esters is 1. The Labute approximate surface area is 206 Å². The van der Waals surface area contributed by atoms with E-state index in [0.29, 0.717) is 34.4 Å². The summed E-state index contributed by atoms with van der Waals surface area (Å²) >= 11 is 1.19. The van der Waals surface area contributed by atoms with Gasteiger partial charge in [0, 0.05) is 11.4 Å². The molecule has 0 saturated heterocycles. The van der Waals surface area contributed by atoms with Crippen molar-refractivity contribution in [1.29, 1.82) is 0 Å². The molecule has 178 valence electrons. The van der Waals surface area contributed by atoms with Gasteiger partial charge in [-0.15, -0.1) is 10.2 Å². The monoisotopic (exact) mass is 490 g/mol. The van der Waals surface area contributed by atoms with Crippen molar-refractivity contribution >= 4 is 29.3 Å². The number of carbonyl (C=O) groups is 2. The number of aromatic nitrogens is 3. The van der Waals surface area contributed by atoms with Gasteiger partial charge in [0.2, 0.25) is 5.91 Å². The summed E-state index contributed by atoms with van der Waals surface area (Å²) in [6.07, 6.45) is 0. The van der Waals surface area contributed by atoms with Crippen molar-refractivity contribution in [2.24, 2.45) is 0 Å². The van der Waals surface area contributed by atoms with E-state index in [0.717, 1.165) is 11.3 Å². The van der Waals surface area contributed by atoms with Crippen LogP contribution in [-0.2, 0) is 9.53 Å². The summed E-state index contributed by atoms with van der Waals surface area (Å²) in [7, 11) is 0. The van der Waals surface area contributed by atoms with Crippen molar-refractivity contribution in [3.05, 3.63) is 89.7 Å². The number of halogens is 1. The molecule has 1 N–H and O–H groups in total. The molecule has 0 atom stereocenters. The third-order valence-electron chi connectivity index (χ3n) is 5.05. The normalized spacial score (nSPS) is 10.7. The van der Waals surface area contributed by atoms with Crippen LogP contribution in [-0.4, -0.2) is 39.0 Å². The Hall–Kier alpha value is -3.98. The van der Waals surface area contributed by atoms with Gasteiger partial charge >= 0.3 is 5.97 Å². The summed E-state index contributed by atoms with van der Waals surface area (Å²) in [5.74, 6) is -0.675. The second kappa shape index (κ2) is 11.0. The first-order chi connectivity index (χ1) is 17.0. The van der Waals surface area contributed by atoms with Gasteiger partial charge in [-0.3, -0.25) is 9.36 Å². The van der Waals surface area contributed by atoms with Crippen molar-refractivity contribution in [3.8, 4) is 17.1 Å². The van der Waals surface area contributed by atoms with Crippen LogP contribution in [0, 0.1) is 12.7 Å². The average Bonchev–Trinajstić information content (AvgIpc) is 3.28. The van der Waals surface area contributed by atoms with E-state index in [1.54, 1.807) is 54.0 Å². The summed E-state index contributed by atoms with van der Waals surface area (Å²) in [4.78, 5) is 24.4. The Bertz CT molecular complexity index is 1340. The molecule has 0 aliphatic heterocycles. The Morgan fingerprint density at radius 1 is 1.00 bits per heavy atom. The SMILES string of the molecule is CCOC(=O)c1ccc(NC(=O)CSc2nnc(-c3ccccc3F)n2-c2ccc(C)cc2)cc1. The van der Waals surface area contributed by atoms with Crippen molar-refractivity contribution in [2.45, 2.75) is 19.0 Å². The minimum Gasteiger partial charge on any atom is -0.462 e. The second-order valence-electron chi connectivity index (χ2n) is 7.59. The molecule has 0 spiro atoms. The lowest BCUT2D eigenvalue weighted by Crippen LogP contribution is -2.15. The van der Waals surface area contributed by atoms with E-state index < -0.39 is 11.8 Å². The molecule has 7 nitrogen and oxygen atoms in total. The number of nitrogens with zero attached hydrogens (tertiary/aromatic N) is 3. The van der Waals surface area contributed by atoms with E-state index in [-0.39, 0.29) is 11.7 Å². The molecule has 0 fully saturated rings. The van der Waals surface area contributed by atoms with Gasteiger partial charge < -0.3 is 10.1 Å². The second-order valence-corrected chi connectivity index (χ2v) is 8.53. The summed E-state index contributed by atoms with van der Waals surface area (Å²) in [5.41, 5.74) is 3.12. The molecular formula is C26H23FN4O3S. The van der Waals surface area contributed by atoms with Crippen LogP contribution in [0.15, 0.2) is 78.0 Å². The van der Waals surface area contributed by atoms with Crippen LogP contribution >= 0.6 is 11.8 Å². The highest BCUT2D eigenvalue weighted by Crippen LogP contribution is 2.29.